The van der Waals surface area contributed by atoms with Gasteiger partial charge in [-0.3, -0.25) is 19.7 Å². The van der Waals surface area contributed by atoms with Crippen LogP contribution in [0.4, 0.5) is 17.6 Å². The second-order valence-electron chi connectivity index (χ2n) is 4.82. The number of methoxy groups -OCH3 is 2. The molecule has 1 unspecified atom stereocenters. The van der Waals surface area contributed by atoms with E-state index in [1.165, 1.54) is 0 Å². The standard InChI is InChI=1S/C14H13F4NO7/c1-24-12(20)11(13(21)25-2)7(5-19(22)23)10-8(15)3-6(4-9(10)16)26-14(17)18/h3-4,7,11,14H,5H2,1-2H3. The maximum Gasteiger partial charge on any atom is 0.387 e. The number of benzene rings is 1. The summed E-state index contributed by atoms with van der Waals surface area (Å²) in [6.07, 6.45) is 0. The predicted octanol–water partition coefficient (Wildman–Crippen LogP) is 1.89. The fourth-order valence-corrected chi connectivity index (χ4v) is 2.29. The highest BCUT2D eigenvalue weighted by Crippen LogP contribution is 2.34. The fraction of sp³-hybridized carbons (Fsp3) is 0.429. The molecular weight excluding hydrogens is 370 g/mol. The molecule has 1 atom stereocenters. The van der Waals surface area contributed by atoms with Gasteiger partial charge in [-0.25, -0.2) is 8.78 Å². The lowest BCUT2D eigenvalue weighted by atomic mass is 9.85. The van der Waals surface area contributed by atoms with Crippen LogP contribution in [0.25, 0.3) is 0 Å². The number of rotatable bonds is 8. The third-order valence-corrected chi connectivity index (χ3v) is 3.31. The minimum absolute atomic E-state index is 0.350. The van der Waals surface area contributed by atoms with Crippen molar-refractivity contribution in [3.05, 3.63) is 39.4 Å². The van der Waals surface area contributed by atoms with Gasteiger partial charge in [-0.05, 0) is 0 Å². The molecule has 0 saturated carbocycles. The molecule has 0 N–H and O–H groups in total. The monoisotopic (exact) mass is 383 g/mol. The van der Waals surface area contributed by atoms with Gasteiger partial charge in [0, 0.05) is 22.6 Å². The Morgan fingerprint density at radius 3 is 1.92 bits per heavy atom. The zero-order valence-corrected chi connectivity index (χ0v) is 13.4. The highest BCUT2D eigenvalue weighted by atomic mass is 19.3. The molecule has 1 aromatic rings. The van der Waals surface area contributed by atoms with Gasteiger partial charge in [-0.15, -0.1) is 0 Å². The number of carbonyl (C=O) groups is 2. The molecule has 0 aliphatic carbocycles. The van der Waals surface area contributed by atoms with Crippen molar-refractivity contribution >= 4 is 11.9 Å². The molecule has 1 rings (SSSR count). The Labute approximate surface area is 143 Å². The summed E-state index contributed by atoms with van der Waals surface area (Å²) in [4.78, 5) is 33.5. The zero-order valence-electron chi connectivity index (χ0n) is 13.4. The molecule has 26 heavy (non-hydrogen) atoms. The van der Waals surface area contributed by atoms with Crippen molar-refractivity contribution in [2.24, 2.45) is 5.92 Å². The second-order valence-corrected chi connectivity index (χ2v) is 4.82. The third-order valence-electron chi connectivity index (χ3n) is 3.31. The molecule has 0 spiro atoms. The maximum absolute atomic E-state index is 14.3. The summed E-state index contributed by atoms with van der Waals surface area (Å²) in [6, 6.07) is 0.701. The lowest BCUT2D eigenvalue weighted by Gasteiger charge is -2.22. The number of hydrogen-bond donors (Lipinski definition) is 0. The molecule has 0 fully saturated rings. The molecule has 8 nitrogen and oxygen atoms in total. The van der Waals surface area contributed by atoms with Gasteiger partial charge in [-0.2, -0.15) is 8.78 Å². The first-order valence-electron chi connectivity index (χ1n) is 6.83. The lowest BCUT2D eigenvalue weighted by molar-refractivity contribution is -0.484. The Balaban J connectivity index is 3.51. The Morgan fingerprint density at radius 2 is 1.58 bits per heavy atom. The Kier molecular flexibility index (Phi) is 7.28. The van der Waals surface area contributed by atoms with E-state index in [0.29, 0.717) is 12.1 Å². The molecule has 0 radical (unpaired) electrons. The third kappa shape index (κ3) is 5.04. The quantitative estimate of drug-likeness (QED) is 0.222. The van der Waals surface area contributed by atoms with Crippen molar-refractivity contribution in [2.45, 2.75) is 12.5 Å². The summed E-state index contributed by atoms with van der Waals surface area (Å²) in [5, 5.41) is 10.9. The van der Waals surface area contributed by atoms with E-state index in [1.807, 2.05) is 0 Å². The van der Waals surface area contributed by atoms with Gasteiger partial charge >= 0.3 is 18.6 Å². The lowest BCUT2D eigenvalue weighted by Crippen LogP contribution is -2.36. The summed E-state index contributed by atoms with van der Waals surface area (Å²) in [6.45, 7) is -4.61. The first kappa shape index (κ1) is 21.1. The van der Waals surface area contributed by atoms with Gasteiger partial charge in [0.1, 0.15) is 17.4 Å². The maximum atomic E-state index is 14.3. The summed E-state index contributed by atoms with van der Waals surface area (Å²) in [7, 11) is 1.71. The molecule has 0 aliphatic heterocycles. The van der Waals surface area contributed by atoms with Crippen LogP contribution in [0.5, 0.6) is 5.75 Å². The molecule has 0 aliphatic rings. The number of ether oxygens (including phenoxy) is 3. The summed E-state index contributed by atoms with van der Waals surface area (Å²) >= 11 is 0. The van der Waals surface area contributed by atoms with Crippen LogP contribution in [0, 0.1) is 27.7 Å². The van der Waals surface area contributed by atoms with E-state index in [0.717, 1.165) is 14.2 Å². The predicted molar refractivity (Wildman–Crippen MR) is 75.1 cm³/mol. The topological polar surface area (TPSA) is 105 Å². The van der Waals surface area contributed by atoms with Crippen molar-refractivity contribution in [1.82, 2.24) is 0 Å². The molecule has 0 heterocycles. The van der Waals surface area contributed by atoms with E-state index in [2.05, 4.69) is 14.2 Å². The average Bonchev–Trinajstić information content (AvgIpc) is 2.52. The second kappa shape index (κ2) is 8.97. The average molecular weight is 383 g/mol. The Morgan fingerprint density at radius 1 is 1.12 bits per heavy atom. The van der Waals surface area contributed by atoms with E-state index >= 15 is 0 Å². The largest absolute Gasteiger partial charge is 0.468 e. The Bertz CT molecular complexity index is 659. The van der Waals surface area contributed by atoms with Crippen molar-refractivity contribution in [3.63, 3.8) is 0 Å². The van der Waals surface area contributed by atoms with E-state index in [1.54, 1.807) is 0 Å². The fourth-order valence-electron chi connectivity index (χ4n) is 2.29. The van der Waals surface area contributed by atoms with Crippen LogP contribution in [0.2, 0.25) is 0 Å². The number of alkyl halides is 2. The molecule has 144 valence electrons. The molecule has 12 heteroatoms. The van der Waals surface area contributed by atoms with Crippen molar-refractivity contribution < 1.29 is 46.3 Å². The number of hydrogen-bond acceptors (Lipinski definition) is 7. The van der Waals surface area contributed by atoms with Gasteiger partial charge in [-0.1, -0.05) is 0 Å². The van der Waals surface area contributed by atoms with Crippen molar-refractivity contribution in [1.29, 1.82) is 0 Å². The Hall–Kier alpha value is -2.92. The normalized spacial score (nSPS) is 12.0. The van der Waals surface area contributed by atoms with Crippen LogP contribution in [0.1, 0.15) is 11.5 Å². The summed E-state index contributed by atoms with van der Waals surface area (Å²) in [5.74, 6) is -10.6. The molecule has 0 bridgehead atoms. The molecule has 0 aromatic heterocycles. The number of halogens is 4. The van der Waals surface area contributed by atoms with E-state index in [-0.39, 0.29) is 0 Å². The van der Waals surface area contributed by atoms with Gasteiger partial charge in [0.2, 0.25) is 6.54 Å². The first-order valence-corrected chi connectivity index (χ1v) is 6.83. The molecule has 1 aromatic carbocycles. The zero-order chi connectivity index (χ0) is 20.0. The molecule has 0 amide bonds. The highest BCUT2D eigenvalue weighted by Gasteiger charge is 2.43. The van der Waals surface area contributed by atoms with Crippen LogP contribution in [-0.4, -0.2) is 44.2 Å². The van der Waals surface area contributed by atoms with Crippen LogP contribution in [-0.2, 0) is 19.1 Å². The van der Waals surface area contributed by atoms with Gasteiger partial charge in [0.15, 0.2) is 5.92 Å². The van der Waals surface area contributed by atoms with Crippen molar-refractivity contribution in [2.75, 3.05) is 20.8 Å². The molecular formula is C14H13F4NO7. The van der Waals surface area contributed by atoms with E-state index < -0.39 is 64.8 Å². The summed E-state index contributed by atoms with van der Waals surface area (Å²) < 4.78 is 65.4. The first-order chi connectivity index (χ1) is 12.1. The van der Waals surface area contributed by atoms with Crippen molar-refractivity contribution in [3.8, 4) is 5.75 Å². The highest BCUT2D eigenvalue weighted by molar-refractivity contribution is 5.96. The smallest absolute Gasteiger partial charge is 0.387 e. The van der Waals surface area contributed by atoms with Crippen LogP contribution < -0.4 is 4.74 Å². The minimum atomic E-state index is -3.37. The van der Waals surface area contributed by atoms with Crippen LogP contribution >= 0.6 is 0 Å². The van der Waals surface area contributed by atoms with Crippen LogP contribution in [0.15, 0.2) is 12.1 Å². The number of carbonyl (C=O) groups excluding carboxylic acids is 2. The van der Waals surface area contributed by atoms with Gasteiger partial charge in [0.25, 0.3) is 0 Å². The summed E-state index contributed by atoms with van der Waals surface area (Å²) in [5.41, 5.74) is -1.04. The van der Waals surface area contributed by atoms with Crippen LogP contribution in [0.3, 0.4) is 0 Å². The van der Waals surface area contributed by atoms with E-state index in [4.69, 9.17) is 0 Å². The minimum Gasteiger partial charge on any atom is -0.468 e. The number of nitrogens with zero attached hydrogens (tertiary/aromatic N) is 1. The number of esters is 2. The van der Waals surface area contributed by atoms with Gasteiger partial charge < -0.3 is 14.2 Å². The van der Waals surface area contributed by atoms with Gasteiger partial charge in [0.05, 0.1) is 20.1 Å². The molecule has 0 saturated heterocycles. The van der Waals surface area contributed by atoms with E-state index in [9.17, 15) is 37.3 Å². The SMILES string of the molecule is COC(=O)C(C(=O)OC)C(C[N+](=O)[O-])c1c(F)cc(OC(F)F)cc1F. The number of nitro groups is 1.